The van der Waals surface area contributed by atoms with Gasteiger partial charge in [0, 0.05) is 0 Å². The molecule has 0 saturated carbocycles. The summed E-state index contributed by atoms with van der Waals surface area (Å²) in [5, 5.41) is 67.2. The second kappa shape index (κ2) is 7.41. The maximum atomic E-state index is 13.9. The Kier molecular flexibility index (Phi) is 6.13. The Balaban J connectivity index is 2.18. The normalized spacial score (nSPS) is 53.1. The minimum atomic E-state index is -2.20. The monoisotopic (exact) mass is 358 g/mol. The van der Waals surface area contributed by atoms with Gasteiger partial charge in [-0.3, -0.25) is 0 Å². The van der Waals surface area contributed by atoms with Gasteiger partial charge in [0.2, 0.25) is 0 Å². The lowest BCUT2D eigenvalue weighted by molar-refractivity contribution is -0.414. The number of aliphatic hydroxyl groups excluding tert-OH is 7. The van der Waals surface area contributed by atoms with E-state index in [9.17, 15) is 35.0 Å². The van der Waals surface area contributed by atoms with E-state index in [1.807, 2.05) is 0 Å². The molecule has 10 nitrogen and oxygen atoms in total. The van der Waals surface area contributed by atoms with Crippen LogP contribution in [-0.4, -0.2) is 110 Å². The SMILES string of the molecule is C[C@]1(O[C@H]2OC(CO)[C@@H](O)C(F)C2O)OC(CO)[C@@H](O)[C@H](O)C1O. The van der Waals surface area contributed by atoms with Gasteiger partial charge in [-0.1, -0.05) is 0 Å². The van der Waals surface area contributed by atoms with Crippen LogP contribution in [-0.2, 0) is 14.2 Å². The summed E-state index contributed by atoms with van der Waals surface area (Å²) in [7, 11) is 0. The smallest absolute Gasteiger partial charge is 0.197 e. The van der Waals surface area contributed by atoms with Crippen molar-refractivity contribution in [2.75, 3.05) is 13.2 Å². The van der Waals surface area contributed by atoms with E-state index in [0.717, 1.165) is 6.92 Å². The molecule has 0 spiro atoms. The molecule has 2 heterocycles. The molecule has 142 valence electrons. The maximum Gasteiger partial charge on any atom is 0.197 e. The number of rotatable bonds is 4. The van der Waals surface area contributed by atoms with Gasteiger partial charge in [-0.2, -0.15) is 0 Å². The van der Waals surface area contributed by atoms with Gasteiger partial charge in [-0.15, -0.1) is 0 Å². The number of alkyl halides is 1. The van der Waals surface area contributed by atoms with Gasteiger partial charge >= 0.3 is 0 Å². The van der Waals surface area contributed by atoms with Crippen LogP contribution in [0, 0.1) is 0 Å². The number of hydrogen-bond donors (Lipinski definition) is 7. The first-order valence-corrected chi connectivity index (χ1v) is 7.43. The number of halogens is 1. The molecule has 0 aromatic rings. The van der Waals surface area contributed by atoms with Crippen LogP contribution in [0.1, 0.15) is 6.92 Å². The van der Waals surface area contributed by atoms with Crippen molar-refractivity contribution in [1.82, 2.24) is 0 Å². The Morgan fingerprint density at radius 1 is 0.917 bits per heavy atom. The van der Waals surface area contributed by atoms with E-state index in [0.29, 0.717) is 0 Å². The summed E-state index contributed by atoms with van der Waals surface area (Å²) in [4.78, 5) is 0. The molecule has 2 rings (SSSR count). The van der Waals surface area contributed by atoms with E-state index in [4.69, 9.17) is 19.3 Å². The Hall–Kier alpha value is -0.470. The first-order chi connectivity index (χ1) is 11.2. The van der Waals surface area contributed by atoms with E-state index in [2.05, 4.69) is 0 Å². The molecule has 0 aliphatic carbocycles. The minimum absolute atomic E-state index is 0.707. The summed E-state index contributed by atoms with van der Waals surface area (Å²) in [6.07, 6.45) is -15.6. The fourth-order valence-electron chi connectivity index (χ4n) is 2.77. The highest BCUT2D eigenvalue weighted by atomic mass is 19.1. The van der Waals surface area contributed by atoms with Gasteiger partial charge < -0.3 is 50.0 Å². The topological polar surface area (TPSA) is 169 Å². The molecule has 0 aromatic heterocycles. The molecule has 0 amide bonds. The Morgan fingerprint density at radius 3 is 2.04 bits per heavy atom. The van der Waals surface area contributed by atoms with E-state index >= 15 is 0 Å². The lowest BCUT2D eigenvalue weighted by atomic mass is 9.93. The largest absolute Gasteiger partial charge is 0.394 e. The third-order valence-electron chi connectivity index (χ3n) is 4.31. The molecule has 0 bridgehead atoms. The molecule has 7 N–H and O–H groups in total. The molecule has 0 aromatic carbocycles. The quantitative estimate of drug-likeness (QED) is 0.263. The fraction of sp³-hybridized carbons (Fsp3) is 1.00. The summed E-state index contributed by atoms with van der Waals surface area (Å²) in [6.45, 7) is -0.325. The van der Waals surface area contributed by atoms with E-state index in [-0.39, 0.29) is 0 Å². The van der Waals surface area contributed by atoms with Crippen LogP contribution in [0.3, 0.4) is 0 Å². The van der Waals surface area contributed by atoms with Crippen LogP contribution in [0.5, 0.6) is 0 Å². The molecule has 24 heavy (non-hydrogen) atoms. The molecular weight excluding hydrogens is 335 g/mol. The van der Waals surface area contributed by atoms with Crippen molar-refractivity contribution in [3.63, 3.8) is 0 Å². The zero-order chi connectivity index (χ0) is 18.2. The van der Waals surface area contributed by atoms with Gasteiger partial charge in [-0.05, 0) is 6.92 Å². The average Bonchev–Trinajstić information content (AvgIpc) is 2.57. The Labute approximate surface area is 136 Å². The molecule has 2 aliphatic rings. The number of ether oxygens (including phenoxy) is 3. The molecule has 5 unspecified atom stereocenters. The molecule has 2 aliphatic heterocycles. The lowest BCUT2D eigenvalue weighted by Gasteiger charge is -2.49. The molecule has 11 heteroatoms. The van der Waals surface area contributed by atoms with Crippen molar-refractivity contribution < 1.29 is 54.3 Å². The van der Waals surface area contributed by atoms with Crippen molar-refractivity contribution >= 4 is 0 Å². The van der Waals surface area contributed by atoms with Crippen molar-refractivity contribution in [3.05, 3.63) is 0 Å². The highest BCUT2D eigenvalue weighted by Gasteiger charge is 2.55. The first-order valence-electron chi connectivity index (χ1n) is 7.43. The third kappa shape index (κ3) is 3.42. The fourth-order valence-corrected chi connectivity index (χ4v) is 2.77. The second-order valence-corrected chi connectivity index (χ2v) is 6.05. The highest BCUT2D eigenvalue weighted by molar-refractivity contribution is 4.97. The Bertz CT molecular complexity index is 424. The lowest BCUT2D eigenvalue weighted by Crippen LogP contribution is -2.67. The minimum Gasteiger partial charge on any atom is -0.394 e. The van der Waals surface area contributed by atoms with Crippen molar-refractivity contribution in [2.45, 2.75) is 67.9 Å². The summed E-state index contributed by atoms with van der Waals surface area (Å²) in [6, 6.07) is 0. The molecule has 0 radical (unpaired) electrons. The van der Waals surface area contributed by atoms with Gasteiger partial charge in [0.1, 0.15) is 42.7 Å². The van der Waals surface area contributed by atoms with Crippen LogP contribution >= 0.6 is 0 Å². The summed E-state index contributed by atoms with van der Waals surface area (Å²) >= 11 is 0. The molecule has 2 fully saturated rings. The first kappa shape index (κ1) is 19.8. The van der Waals surface area contributed by atoms with E-state index < -0.39 is 74.2 Å². The van der Waals surface area contributed by atoms with Crippen LogP contribution < -0.4 is 0 Å². The predicted octanol–water partition coefficient (Wildman–Crippen LogP) is -4.03. The Morgan fingerprint density at radius 2 is 1.50 bits per heavy atom. The van der Waals surface area contributed by atoms with Crippen LogP contribution in [0.4, 0.5) is 4.39 Å². The zero-order valence-corrected chi connectivity index (χ0v) is 12.8. The standard InChI is InChI=1S/C13H23FO10/c1-13(11(21)10(20)8(18)5(3-16)23-13)24-12-9(19)6(14)7(17)4(2-15)22-12/h4-12,15-21H,2-3H2,1H3/t4?,5?,6?,7-,8-,9?,10+,11?,12-,13-/m1/s1. The van der Waals surface area contributed by atoms with Gasteiger partial charge in [0.05, 0.1) is 13.2 Å². The maximum absolute atomic E-state index is 13.9. The van der Waals surface area contributed by atoms with Crippen molar-refractivity contribution in [1.29, 1.82) is 0 Å². The summed E-state index contributed by atoms with van der Waals surface area (Å²) in [5.41, 5.74) is 0. The van der Waals surface area contributed by atoms with Gasteiger partial charge in [0.15, 0.2) is 18.2 Å². The predicted molar refractivity (Wildman–Crippen MR) is 72.1 cm³/mol. The van der Waals surface area contributed by atoms with Gasteiger partial charge in [0.25, 0.3) is 0 Å². The highest BCUT2D eigenvalue weighted by Crippen LogP contribution is 2.35. The number of aliphatic hydroxyl groups is 7. The molecular formula is C13H23FO10. The van der Waals surface area contributed by atoms with Crippen molar-refractivity contribution in [3.8, 4) is 0 Å². The molecule has 10 atom stereocenters. The van der Waals surface area contributed by atoms with Gasteiger partial charge in [-0.25, -0.2) is 4.39 Å². The van der Waals surface area contributed by atoms with Crippen LogP contribution in [0.2, 0.25) is 0 Å². The summed E-state index contributed by atoms with van der Waals surface area (Å²) < 4.78 is 29.5. The van der Waals surface area contributed by atoms with Crippen LogP contribution in [0.25, 0.3) is 0 Å². The third-order valence-corrected chi connectivity index (χ3v) is 4.31. The second-order valence-electron chi connectivity index (χ2n) is 6.05. The van der Waals surface area contributed by atoms with E-state index in [1.165, 1.54) is 0 Å². The number of hydrogen-bond acceptors (Lipinski definition) is 10. The van der Waals surface area contributed by atoms with E-state index in [1.54, 1.807) is 0 Å². The zero-order valence-electron chi connectivity index (χ0n) is 12.8. The van der Waals surface area contributed by atoms with Crippen LogP contribution in [0.15, 0.2) is 0 Å². The molecule has 2 saturated heterocycles. The summed E-state index contributed by atoms with van der Waals surface area (Å²) in [5.74, 6) is -2.07. The van der Waals surface area contributed by atoms with Crippen molar-refractivity contribution in [2.24, 2.45) is 0 Å². The average molecular weight is 358 g/mol.